The van der Waals surface area contributed by atoms with Gasteiger partial charge in [-0.15, -0.1) is 10.2 Å². The number of rotatable bonds is 6. The SMILES string of the molecule is Cc1ccc(C)c2c(N=NC(=O)/C(=C\C=C\c3ccccc3)NC(=O)c3ccccc3)c(O)[nH]c12. The largest absolute Gasteiger partial charge is 0.493 e. The number of hydrogen-bond donors (Lipinski definition) is 3. The van der Waals surface area contributed by atoms with Crippen molar-refractivity contribution in [2.45, 2.75) is 13.8 Å². The number of hydrogen-bond acceptors (Lipinski definition) is 4. The van der Waals surface area contributed by atoms with Crippen LogP contribution >= 0.6 is 0 Å². The lowest BCUT2D eigenvalue weighted by Crippen LogP contribution is -2.26. The van der Waals surface area contributed by atoms with E-state index < -0.39 is 11.8 Å². The molecule has 35 heavy (non-hydrogen) atoms. The first-order chi connectivity index (χ1) is 16.9. The average molecular weight is 465 g/mol. The summed E-state index contributed by atoms with van der Waals surface area (Å²) in [5.74, 6) is -1.39. The van der Waals surface area contributed by atoms with Crippen molar-refractivity contribution in [2.75, 3.05) is 0 Å². The summed E-state index contributed by atoms with van der Waals surface area (Å²) in [6, 6.07) is 21.9. The van der Waals surface area contributed by atoms with Gasteiger partial charge in [0.2, 0.25) is 5.88 Å². The van der Waals surface area contributed by atoms with Gasteiger partial charge in [-0.2, -0.15) is 0 Å². The lowest BCUT2D eigenvalue weighted by atomic mass is 10.1. The molecule has 0 atom stereocenters. The maximum Gasteiger partial charge on any atom is 0.311 e. The quantitative estimate of drug-likeness (QED) is 0.182. The van der Waals surface area contributed by atoms with Crippen LogP contribution in [0.2, 0.25) is 0 Å². The number of nitrogens with zero attached hydrogens (tertiary/aromatic N) is 2. The molecule has 3 N–H and O–H groups in total. The third kappa shape index (κ3) is 5.42. The van der Waals surface area contributed by atoms with Crippen molar-refractivity contribution in [3.05, 3.63) is 113 Å². The normalized spacial score (nSPS) is 12.0. The molecule has 0 aliphatic carbocycles. The second-order valence-electron chi connectivity index (χ2n) is 7.95. The Morgan fingerprint density at radius 1 is 0.914 bits per heavy atom. The smallest absolute Gasteiger partial charge is 0.311 e. The minimum absolute atomic E-state index is 0.0537. The summed E-state index contributed by atoms with van der Waals surface area (Å²) >= 11 is 0. The van der Waals surface area contributed by atoms with Crippen molar-refractivity contribution < 1.29 is 14.7 Å². The predicted molar refractivity (Wildman–Crippen MR) is 136 cm³/mol. The highest BCUT2D eigenvalue weighted by molar-refractivity contribution is 6.03. The van der Waals surface area contributed by atoms with E-state index in [1.165, 1.54) is 6.08 Å². The molecule has 0 aliphatic rings. The van der Waals surface area contributed by atoms with Gasteiger partial charge in [0.25, 0.3) is 5.91 Å². The molecule has 7 nitrogen and oxygen atoms in total. The molecule has 0 aliphatic heterocycles. The number of H-pyrrole nitrogens is 1. The summed E-state index contributed by atoms with van der Waals surface area (Å²) in [6.07, 6.45) is 4.93. The molecule has 0 spiro atoms. The van der Waals surface area contributed by atoms with Crippen LogP contribution in [-0.2, 0) is 4.79 Å². The summed E-state index contributed by atoms with van der Waals surface area (Å²) in [7, 11) is 0. The van der Waals surface area contributed by atoms with Crippen molar-refractivity contribution in [2.24, 2.45) is 10.2 Å². The Labute approximate surface area is 202 Å². The fourth-order valence-electron chi connectivity index (χ4n) is 3.59. The summed E-state index contributed by atoms with van der Waals surface area (Å²) in [5.41, 5.74) is 3.97. The van der Waals surface area contributed by atoms with Crippen LogP contribution in [0.1, 0.15) is 27.0 Å². The van der Waals surface area contributed by atoms with Crippen LogP contribution < -0.4 is 5.32 Å². The zero-order valence-electron chi connectivity index (χ0n) is 19.3. The zero-order chi connectivity index (χ0) is 24.8. The molecule has 0 unspecified atom stereocenters. The van der Waals surface area contributed by atoms with Gasteiger partial charge < -0.3 is 15.4 Å². The van der Waals surface area contributed by atoms with Gasteiger partial charge in [-0.25, -0.2) is 0 Å². The lowest BCUT2D eigenvalue weighted by molar-refractivity contribution is -0.115. The van der Waals surface area contributed by atoms with Crippen LogP contribution in [0, 0.1) is 13.8 Å². The topological polar surface area (TPSA) is 107 Å². The Balaban J connectivity index is 1.65. The van der Waals surface area contributed by atoms with Gasteiger partial charge >= 0.3 is 5.91 Å². The van der Waals surface area contributed by atoms with Crippen LogP contribution in [0.25, 0.3) is 17.0 Å². The highest BCUT2D eigenvalue weighted by Crippen LogP contribution is 2.38. The lowest BCUT2D eigenvalue weighted by Gasteiger charge is -2.06. The Hall–Kier alpha value is -4.78. The van der Waals surface area contributed by atoms with E-state index in [9.17, 15) is 14.7 Å². The number of aromatic nitrogens is 1. The average Bonchev–Trinajstić information content (AvgIpc) is 3.22. The van der Waals surface area contributed by atoms with E-state index in [-0.39, 0.29) is 17.3 Å². The molecule has 174 valence electrons. The van der Waals surface area contributed by atoms with Crippen molar-refractivity contribution in [3.8, 4) is 5.88 Å². The minimum atomic E-state index is -0.758. The van der Waals surface area contributed by atoms with E-state index in [2.05, 4.69) is 20.5 Å². The second kappa shape index (κ2) is 10.4. The molecule has 0 fully saturated rings. The predicted octanol–water partition coefficient (Wildman–Crippen LogP) is 6.13. The van der Waals surface area contributed by atoms with E-state index in [1.807, 2.05) is 56.3 Å². The van der Waals surface area contributed by atoms with Gasteiger partial charge in [0, 0.05) is 10.9 Å². The van der Waals surface area contributed by atoms with E-state index in [1.54, 1.807) is 42.5 Å². The van der Waals surface area contributed by atoms with Crippen molar-refractivity contribution in [1.29, 1.82) is 0 Å². The Morgan fingerprint density at radius 3 is 2.29 bits per heavy atom. The maximum absolute atomic E-state index is 13.0. The molecular weight excluding hydrogens is 440 g/mol. The van der Waals surface area contributed by atoms with Crippen molar-refractivity contribution in [3.63, 3.8) is 0 Å². The number of amides is 2. The number of aryl methyl sites for hydroxylation is 2. The Bertz CT molecular complexity index is 1470. The third-order valence-corrected chi connectivity index (χ3v) is 5.43. The van der Waals surface area contributed by atoms with Gasteiger partial charge in [0.15, 0.2) is 5.69 Å². The van der Waals surface area contributed by atoms with E-state index >= 15 is 0 Å². The molecule has 0 saturated heterocycles. The standard InChI is InChI=1S/C28H24N4O3/c1-18-16-17-19(2)24-23(18)25(28(35)30-24)31-32-27(34)22(15-9-12-20-10-5-3-6-11-20)29-26(33)21-13-7-4-8-14-21/h3-17,30,35H,1-2H3,(H,29,33)/b12-9+,22-15+,32-31?. The number of nitrogens with one attached hydrogen (secondary N) is 2. The van der Waals surface area contributed by atoms with Crippen molar-refractivity contribution in [1.82, 2.24) is 10.3 Å². The summed E-state index contributed by atoms with van der Waals surface area (Å²) in [6.45, 7) is 3.79. The van der Waals surface area contributed by atoms with E-state index in [4.69, 9.17) is 0 Å². The first-order valence-electron chi connectivity index (χ1n) is 11.0. The first kappa shape index (κ1) is 23.4. The molecular formula is C28H24N4O3. The summed E-state index contributed by atoms with van der Waals surface area (Å²) < 4.78 is 0. The van der Waals surface area contributed by atoms with E-state index in [0.717, 1.165) is 22.2 Å². The molecule has 4 rings (SSSR count). The Morgan fingerprint density at radius 2 is 1.57 bits per heavy atom. The van der Waals surface area contributed by atoms with Gasteiger partial charge in [-0.05, 0) is 48.7 Å². The number of allylic oxidation sites excluding steroid dienone is 2. The van der Waals surface area contributed by atoms with Crippen LogP contribution in [0.4, 0.5) is 5.69 Å². The number of carbonyl (C=O) groups is 2. The second-order valence-corrected chi connectivity index (χ2v) is 7.95. The highest BCUT2D eigenvalue weighted by atomic mass is 16.3. The first-order valence-corrected chi connectivity index (χ1v) is 11.0. The highest BCUT2D eigenvalue weighted by Gasteiger charge is 2.17. The fraction of sp³-hybridized carbons (Fsp3) is 0.0714. The van der Waals surface area contributed by atoms with Crippen LogP contribution in [0.5, 0.6) is 5.88 Å². The number of fused-ring (bicyclic) bond motifs is 1. The van der Waals surface area contributed by atoms with Gasteiger partial charge in [0.1, 0.15) is 5.70 Å². The number of carbonyl (C=O) groups excluding carboxylic acids is 2. The molecule has 7 heteroatoms. The third-order valence-electron chi connectivity index (χ3n) is 5.43. The van der Waals surface area contributed by atoms with E-state index in [0.29, 0.717) is 10.9 Å². The number of azo groups is 1. The minimum Gasteiger partial charge on any atom is -0.493 e. The molecule has 0 radical (unpaired) electrons. The van der Waals surface area contributed by atoms with Gasteiger partial charge in [0.05, 0.1) is 5.52 Å². The van der Waals surface area contributed by atoms with Gasteiger partial charge in [-0.3, -0.25) is 9.59 Å². The van der Waals surface area contributed by atoms with Crippen molar-refractivity contribution >= 4 is 34.5 Å². The molecule has 1 heterocycles. The molecule has 1 aromatic heterocycles. The summed E-state index contributed by atoms with van der Waals surface area (Å²) in [5, 5.41) is 21.5. The van der Waals surface area contributed by atoms with Gasteiger partial charge in [-0.1, -0.05) is 72.8 Å². The van der Waals surface area contributed by atoms with Crippen LogP contribution in [0.15, 0.2) is 101 Å². The number of aromatic amines is 1. The number of benzene rings is 3. The van der Waals surface area contributed by atoms with Crippen LogP contribution in [0.3, 0.4) is 0 Å². The summed E-state index contributed by atoms with van der Waals surface area (Å²) in [4.78, 5) is 28.6. The zero-order valence-corrected chi connectivity index (χ0v) is 19.3. The molecule has 4 aromatic rings. The fourth-order valence-corrected chi connectivity index (χ4v) is 3.59. The molecule has 0 bridgehead atoms. The molecule has 2 amide bonds. The molecule has 3 aromatic carbocycles. The molecule has 0 saturated carbocycles. The Kier molecular flexibility index (Phi) is 6.97. The monoisotopic (exact) mass is 464 g/mol. The number of aromatic hydroxyl groups is 1. The maximum atomic E-state index is 13.0. The van der Waals surface area contributed by atoms with Crippen LogP contribution in [-0.4, -0.2) is 21.9 Å².